The molecule has 0 unspecified atom stereocenters. The van der Waals surface area contributed by atoms with Gasteiger partial charge in [-0.2, -0.15) is 0 Å². The second kappa shape index (κ2) is 6.58. The van der Waals surface area contributed by atoms with Crippen molar-refractivity contribution in [3.05, 3.63) is 34.9 Å². The van der Waals surface area contributed by atoms with E-state index in [0.717, 1.165) is 31.3 Å². The van der Waals surface area contributed by atoms with Gasteiger partial charge in [0.15, 0.2) is 0 Å². The van der Waals surface area contributed by atoms with E-state index in [9.17, 15) is 9.59 Å². The average molecular weight is 397 g/mol. The molecule has 4 aliphatic carbocycles. The smallest absolute Gasteiger partial charge is 0.331 e. The summed E-state index contributed by atoms with van der Waals surface area (Å²) in [6.45, 7) is 6.84. The molecule has 156 valence electrons. The molecule has 0 spiro atoms. The molecular weight excluding hydrogens is 364 g/mol. The Morgan fingerprint density at radius 1 is 1.14 bits per heavy atom. The highest BCUT2D eigenvalue weighted by Gasteiger charge is 2.57. The highest BCUT2D eigenvalue weighted by atomic mass is 16.5. The predicted molar refractivity (Wildman–Crippen MR) is 110 cm³/mol. The van der Waals surface area contributed by atoms with Crippen molar-refractivity contribution < 1.29 is 19.1 Å². The summed E-state index contributed by atoms with van der Waals surface area (Å²) in [7, 11) is 0. The summed E-state index contributed by atoms with van der Waals surface area (Å²) in [6.07, 6.45) is 14.5. The highest BCUT2D eigenvalue weighted by molar-refractivity contribution is 5.87. The minimum absolute atomic E-state index is 0.0547. The van der Waals surface area contributed by atoms with Crippen LogP contribution in [-0.4, -0.2) is 24.6 Å². The van der Waals surface area contributed by atoms with Crippen molar-refractivity contribution in [1.29, 1.82) is 0 Å². The molecule has 4 heteroatoms. The maximum atomic E-state index is 11.6. The van der Waals surface area contributed by atoms with Crippen molar-refractivity contribution in [2.24, 2.45) is 28.6 Å². The van der Waals surface area contributed by atoms with Crippen LogP contribution < -0.4 is 0 Å². The summed E-state index contributed by atoms with van der Waals surface area (Å²) < 4.78 is 10.8. The van der Waals surface area contributed by atoms with Gasteiger partial charge in [0.2, 0.25) is 0 Å². The molecule has 0 amide bonds. The standard InChI is InChI=1S/C25H32O4/c1-15(26)29-18-8-10-24(2)17(13-18)4-5-19-21-7-6-20(16-12-23(27)28-14-16)25(21,3)11-9-22(19)24/h6-7,12,17-19,22H,4-5,8-11,13-14H2,1-3H3/t17-,18-,19+,22+,24+,25-/m1/s1. The number of hydrogen-bond acceptors (Lipinski definition) is 4. The fraction of sp³-hybridized carbons (Fsp3) is 0.680. The van der Waals surface area contributed by atoms with Gasteiger partial charge in [-0.25, -0.2) is 4.79 Å². The lowest BCUT2D eigenvalue weighted by Gasteiger charge is -2.59. The Bertz CT molecular complexity index is 849. The monoisotopic (exact) mass is 396 g/mol. The largest absolute Gasteiger partial charge is 0.463 e. The van der Waals surface area contributed by atoms with E-state index in [-0.39, 0.29) is 23.5 Å². The Balaban J connectivity index is 1.37. The van der Waals surface area contributed by atoms with E-state index in [0.29, 0.717) is 29.8 Å². The van der Waals surface area contributed by atoms with Crippen LogP contribution in [0.1, 0.15) is 65.7 Å². The third-order valence-electron chi connectivity index (χ3n) is 9.00. The SMILES string of the molecule is CC(=O)O[C@@H]1CC[C@@]2(C)[C@H](CC[C@H]3C4=CC=C(C5=CC(=O)OC5)[C@@]4(C)CC[C@@H]32)C1. The zero-order chi connectivity index (χ0) is 20.4. The number of esters is 2. The summed E-state index contributed by atoms with van der Waals surface area (Å²) >= 11 is 0. The van der Waals surface area contributed by atoms with Crippen molar-refractivity contribution in [3.8, 4) is 0 Å². The normalized spacial score (nSPS) is 43.3. The molecule has 3 fully saturated rings. The molecule has 0 radical (unpaired) electrons. The molecule has 0 aromatic carbocycles. The second-order valence-corrected chi connectivity index (χ2v) is 10.3. The quantitative estimate of drug-likeness (QED) is 0.623. The third kappa shape index (κ3) is 2.85. The minimum Gasteiger partial charge on any atom is -0.463 e. The van der Waals surface area contributed by atoms with Gasteiger partial charge in [-0.05, 0) is 73.7 Å². The molecule has 0 aromatic heterocycles. The van der Waals surface area contributed by atoms with Gasteiger partial charge in [0, 0.05) is 24.0 Å². The predicted octanol–water partition coefficient (Wildman–Crippen LogP) is 4.90. The molecule has 1 heterocycles. The number of carbonyl (C=O) groups excluding carboxylic acids is 2. The van der Waals surface area contributed by atoms with Gasteiger partial charge < -0.3 is 9.47 Å². The van der Waals surface area contributed by atoms with Crippen molar-refractivity contribution in [2.45, 2.75) is 71.8 Å². The Labute approximate surface area is 173 Å². The van der Waals surface area contributed by atoms with Gasteiger partial charge in [0.05, 0.1) is 0 Å². The Morgan fingerprint density at radius 3 is 2.69 bits per heavy atom. The lowest BCUT2D eigenvalue weighted by atomic mass is 9.46. The molecule has 0 N–H and O–H groups in total. The molecule has 5 aliphatic rings. The molecule has 3 saturated carbocycles. The molecule has 0 saturated heterocycles. The number of hydrogen-bond donors (Lipinski definition) is 0. The van der Waals surface area contributed by atoms with Crippen molar-refractivity contribution in [1.82, 2.24) is 0 Å². The van der Waals surface area contributed by atoms with Crippen LogP contribution in [0.5, 0.6) is 0 Å². The number of cyclic esters (lactones) is 1. The van der Waals surface area contributed by atoms with Crippen LogP contribution in [0.4, 0.5) is 0 Å². The van der Waals surface area contributed by atoms with Gasteiger partial charge in [0.25, 0.3) is 0 Å². The highest BCUT2D eigenvalue weighted by Crippen LogP contribution is 2.65. The zero-order valence-corrected chi connectivity index (χ0v) is 17.8. The van der Waals surface area contributed by atoms with Gasteiger partial charge in [-0.15, -0.1) is 0 Å². The van der Waals surface area contributed by atoms with Crippen molar-refractivity contribution in [3.63, 3.8) is 0 Å². The van der Waals surface area contributed by atoms with E-state index in [1.165, 1.54) is 31.8 Å². The van der Waals surface area contributed by atoms with E-state index in [1.54, 1.807) is 11.6 Å². The van der Waals surface area contributed by atoms with Crippen LogP contribution in [0.3, 0.4) is 0 Å². The molecule has 29 heavy (non-hydrogen) atoms. The van der Waals surface area contributed by atoms with Gasteiger partial charge in [-0.1, -0.05) is 31.6 Å². The number of fused-ring (bicyclic) bond motifs is 5. The number of ether oxygens (including phenoxy) is 2. The fourth-order valence-electron chi connectivity index (χ4n) is 7.55. The summed E-state index contributed by atoms with van der Waals surface area (Å²) in [6, 6.07) is 0. The molecule has 6 atom stereocenters. The second-order valence-electron chi connectivity index (χ2n) is 10.3. The minimum atomic E-state index is -0.204. The molecular formula is C25H32O4. The summed E-state index contributed by atoms with van der Waals surface area (Å²) in [5, 5.41) is 0. The first-order chi connectivity index (χ1) is 13.8. The first-order valence-corrected chi connectivity index (χ1v) is 11.3. The topological polar surface area (TPSA) is 52.6 Å². The van der Waals surface area contributed by atoms with E-state index in [4.69, 9.17) is 9.47 Å². The Kier molecular flexibility index (Phi) is 4.34. The van der Waals surface area contributed by atoms with E-state index in [1.807, 2.05) is 0 Å². The van der Waals surface area contributed by atoms with Crippen LogP contribution in [-0.2, 0) is 19.1 Å². The van der Waals surface area contributed by atoms with Gasteiger partial charge >= 0.3 is 11.9 Å². The lowest BCUT2D eigenvalue weighted by Crippen LogP contribution is -2.51. The van der Waals surface area contributed by atoms with E-state index >= 15 is 0 Å². The average Bonchev–Trinajstić information content (AvgIpc) is 3.24. The van der Waals surface area contributed by atoms with Crippen LogP contribution >= 0.6 is 0 Å². The first kappa shape index (κ1) is 19.1. The summed E-state index contributed by atoms with van der Waals surface area (Å²) in [4.78, 5) is 23.1. The molecule has 5 rings (SSSR count). The number of allylic oxidation sites excluding steroid dienone is 3. The Hall–Kier alpha value is -1.84. The summed E-state index contributed by atoms with van der Waals surface area (Å²) in [5.41, 5.74) is 4.37. The van der Waals surface area contributed by atoms with Crippen LogP contribution in [0.15, 0.2) is 34.9 Å². The molecule has 0 bridgehead atoms. The lowest BCUT2D eigenvalue weighted by molar-refractivity contribution is -0.154. The number of carbonyl (C=O) groups is 2. The van der Waals surface area contributed by atoms with Crippen LogP contribution in [0.25, 0.3) is 0 Å². The zero-order valence-electron chi connectivity index (χ0n) is 17.8. The van der Waals surface area contributed by atoms with Crippen molar-refractivity contribution in [2.75, 3.05) is 6.61 Å². The van der Waals surface area contributed by atoms with Gasteiger partial charge in [0.1, 0.15) is 12.7 Å². The third-order valence-corrected chi connectivity index (χ3v) is 9.00. The maximum absolute atomic E-state index is 11.6. The summed E-state index contributed by atoms with van der Waals surface area (Å²) in [5.74, 6) is 1.65. The maximum Gasteiger partial charge on any atom is 0.331 e. The first-order valence-electron chi connectivity index (χ1n) is 11.3. The van der Waals surface area contributed by atoms with Crippen molar-refractivity contribution >= 4 is 11.9 Å². The van der Waals surface area contributed by atoms with E-state index < -0.39 is 0 Å². The van der Waals surface area contributed by atoms with Crippen LogP contribution in [0, 0.1) is 28.6 Å². The molecule has 4 nitrogen and oxygen atoms in total. The van der Waals surface area contributed by atoms with E-state index in [2.05, 4.69) is 26.0 Å². The van der Waals surface area contributed by atoms with Gasteiger partial charge in [-0.3, -0.25) is 4.79 Å². The van der Waals surface area contributed by atoms with Crippen LogP contribution in [0.2, 0.25) is 0 Å². The fourth-order valence-corrected chi connectivity index (χ4v) is 7.55. The Morgan fingerprint density at radius 2 is 1.97 bits per heavy atom. The molecule has 1 aliphatic heterocycles. The molecule has 0 aromatic rings. The number of rotatable bonds is 2.